The number of aryl methyl sites for hydroxylation is 2. The lowest BCUT2D eigenvalue weighted by Gasteiger charge is -2.33. The Morgan fingerprint density at radius 3 is 2.91 bits per heavy atom. The molecule has 1 unspecified atom stereocenters. The van der Waals surface area contributed by atoms with Crippen molar-refractivity contribution in [2.24, 2.45) is 0 Å². The Labute approximate surface area is 135 Å². The van der Waals surface area contributed by atoms with Crippen LogP contribution in [0.1, 0.15) is 24.2 Å². The molecule has 2 rings (SSSR count). The minimum atomic E-state index is -0.851. The van der Waals surface area contributed by atoms with E-state index in [0.29, 0.717) is 39.2 Å². The number of aliphatic carboxylic acids is 1. The first kappa shape index (κ1) is 17.3. The average molecular weight is 324 g/mol. The van der Waals surface area contributed by atoms with E-state index in [4.69, 9.17) is 9.84 Å². The van der Waals surface area contributed by atoms with Gasteiger partial charge in [0, 0.05) is 25.2 Å². The summed E-state index contributed by atoms with van der Waals surface area (Å²) in [5, 5.41) is 15.7. The molecule has 1 saturated heterocycles. The Morgan fingerprint density at radius 2 is 2.26 bits per heavy atom. The van der Waals surface area contributed by atoms with Crippen molar-refractivity contribution in [1.82, 2.24) is 20.0 Å². The molecule has 0 aliphatic carbocycles. The number of carbonyl (C=O) groups is 2. The molecule has 1 fully saturated rings. The second-order valence-corrected chi connectivity index (χ2v) is 5.78. The van der Waals surface area contributed by atoms with E-state index in [1.165, 1.54) is 0 Å². The lowest BCUT2D eigenvalue weighted by atomic mass is 10.2. The van der Waals surface area contributed by atoms with Gasteiger partial charge in [0.15, 0.2) is 0 Å². The molecule has 0 bridgehead atoms. The smallest absolute Gasteiger partial charge is 0.317 e. The van der Waals surface area contributed by atoms with Gasteiger partial charge in [-0.3, -0.25) is 9.48 Å². The van der Waals surface area contributed by atoms with Crippen LogP contribution in [-0.2, 0) is 16.1 Å². The summed E-state index contributed by atoms with van der Waals surface area (Å²) in [5.41, 5.74) is 2.03. The molecule has 0 saturated carbocycles. The molecule has 8 nitrogen and oxygen atoms in total. The zero-order chi connectivity index (χ0) is 16.8. The molecule has 1 aliphatic rings. The van der Waals surface area contributed by atoms with E-state index in [2.05, 4.69) is 10.4 Å². The summed E-state index contributed by atoms with van der Waals surface area (Å²) in [6, 6.07) is 1.84. The number of carbonyl (C=O) groups excluding carboxylic acids is 1. The van der Waals surface area contributed by atoms with Gasteiger partial charge in [-0.1, -0.05) is 0 Å². The zero-order valence-corrected chi connectivity index (χ0v) is 13.6. The molecule has 1 aromatic heterocycles. The highest BCUT2D eigenvalue weighted by Crippen LogP contribution is 2.10. The molecule has 1 atom stereocenters. The number of hydrogen-bond donors (Lipinski definition) is 2. The van der Waals surface area contributed by atoms with Crippen LogP contribution in [0.25, 0.3) is 0 Å². The minimum Gasteiger partial charge on any atom is -0.481 e. The highest BCUT2D eigenvalue weighted by Gasteiger charge is 2.25. The lowest BCUT2D eigenvalue weighted by Crippen LogP contribution is -2.50. The largest absolute Gasteiger partial charge is 0.481 e. The molecule has 2 amide bonds. The van der Waals surface area contributed by atoms with Gasteiger partial charge in [-0.15, -0.1) is 0 Å². The van der Waals surface area contributed by atoms with Crippen LogP contribution in [-0.4, -0.2) is 64.1 Å². The maximum atomic E-state index is 12.1. The standard InChI is InChI=1S/C15H24N4O4/c1-11-8-12(2)19(17-11)10-13-9-18(6-7-23-13)15(22)16-5-3-4-14(20)21/h8,13H,3-7,9-10H2,1-2H3,(H,16,22)(H,20,21). The summed E-state index contributed by atoms with van der Waals surface area (Å²) < 4.78 is 7.62. The molecule has 2 N–H and O–H groups in total. The van der Waals surface area contributed by atoms with Gasteiger partial charge in [0.25, 0.3) is 0 Å². The Kier molecular flexibility index (Phi) is 5.97. The van der Waals surface area contributed by atoms with Crippen LogP contribution in [0, 0.1) is 13.8 Å². The van der Waals surface area contributed by atoms with Gasteiger partial charge in [-0.2, -0.15) is 5.10 Å². The highest BCUT2D eigenvalue weighted by molar-refractivity contribution is 5.74. The fourth-order valence-electron chi connectivity index (χ4n) is 2.61. The van der Waals surface area contributed by atoms with E-state index in [1.807, 2.05) is 24.6 Å². The number of ether oxygens (including phenoxy) is 1. The molecule has 1 aliphatic heterocycles. The summed E-state index contributed by atoms with van der Waals surface area (Å²) in [6.07, 6.45) is 0.399. The fraction of sp³-hybridized carbons (Fsp3) is 0.667. The first-order valence-electron chi connectivity index (χ1n) is 7.83. The molecular formula is C15H24N4O4. The van der Waals surface area contributed by atoms with Gasteiger partial charge in [0.05, 0.1) is 31.5 Å². The Hall–Kier alpha value is -2.09. The second kappa shape index (κ2) is 7.96. The third-order valence-electron chi connectivity index (χ3n) is 3.75. The lowest BCUT2D eigenvalue weighted by molar-refractivity contribution is -0.137. The monoisotopic (exact) mass is 324 g/mol. The Bertz CT molecular complexity index is 558. The molecular weight excluding hydrogens is 300 g/mol. The van der Waals surface area contributed by atoms with Crippen molar-refractivity contribution < 1.29 is 19.4 Å². The first-order valence-corrected chi connectivity index (χ1v) is 7.83. The van der Waals surface area contributed by atoms with E-state index in [0.717, 1.165) is 11.4 Å². The van der Waals surface area contributed by atoms with Gasteiger partial charge >= 0.3 is 12.0 Å². The van der Waals surface area contributed by atoms with Crippen LogP contribution in [0.2, 0.25) is 0 Å². The maximum Gasteiger partial charge on any atom is 0.317 e. The zero-order valence-electron chi connectivity index (χ0n) is 13.6. The number of morpholine rings is 1. The third kappa shape index (κ3) is 5.24. The van der Waals surface area contributed by atoms with Crippen molar-refractivity contribution in [3.05, 3.63) is 17.5 Å². The average Bonchev–Trinajstić information content (AvgIpc) is 2.81. The quantitative estimate of drug-likeness (QED) is 0.754. The summed E-state index contributed by atoms with van der Waals surface area (Å²) in [6.45, 7) is 6.46. The third-order valence-corrected chi connectivity index (χ3v) is 3.75. The van der Waals surface area contributed by atoms with Gasteiger partial charge < -0.3 is 20.1 Å². The predicted molar refractivity (Wildman–Crippen MR) is 83.3 cm³/mol. The van der Waals surface area contributed by atoms with Crippen molar-refractivity contribution in [1.29, 1.82) is 0 Å². The van der Waals surface area contributed by atoms with E-state index in [1.54, 1.807) is 4.90 Å². The summed E-state index contributed by atoms with van der Waals surface area (Å²) in [7, 11) is 0. The number of nitrogens with zero attached hydrogens (tertiary/aromatic N) is 3. The molecule has 0 spiro atoms. The van der Waals surface area contributed by atoms with Gasteiger partial charge in [-0.05, 0) is 26.3 Å². The Balaban J connectivity index is 1.79. The van der Waals surface area contributed by atoms with E-state index < -0.39 is 5.97 Å². The van der Waals surface area contributed by atoms with Crippen molar-refractivity contribution >= 4 is 12.0 Å². The van der Waals surface area contributed by atoms with Crippen molar-refractivity contribution in [2.45, 2.75) is 39.3 Å². The van der Waals surface area contributed by atoms with E-state index in [9.17, 15) is 9.59 Å². The fourth-order valence-corrected chi connectivity index (χ4v) is 2.61. The molecule has 0 aromatic carbocycles. The number of carboxylic acids is 1. The van der Waals surface area contributed by atoms with E-state index in [-0.39, 0.29) is 18.6 Å². The first-order chi connectivity index (χ1) is 11.0. The van der Waals surface area contributed by atoms with Crippen LogP contribution < -0.4 is 5.32 Å². The van der Waals surface area contributed by atoms with Crippen molar-refractivity contribution in [3.63, 3.8) is 0 Å². The molecule has 8 heteroatoms. The number of rotatable bonds is 6. The summed E-state index contributed by atoms with van der Waals surface area (Å²) in [5.74, 6) is -0.851. The van der Waals surface area contributed by atoms with Crippen molar-refractivity contribution in [2.75, 3.05) is 26.2 Å². The van der Waals surface area contributed by atoms with E-state index >= 15 is 0 Å². The Morgan fingerprint density at radius 1 is 1.48 bits per heavy atom. The number of aromatic nitrogens is 2. The molecule has 128 valence electrons. The summed E-state index contributed by atoms with van der Waals surface area (Å²) >= 11 is 0. The minimum absolute atomic E-state index is 0.0595. The maximum absolute atomic E-state index is 12.1. The van der Waals surface area contributed by atoms with Crippen LogP contribution in [0.15, 0.2) is 6.07 Å². The summed E-state index contributed by atoms with van der Waals surface area (Å²) in [4.78, 5) is 24.3. The SMILES string of the molecule is Cc1cc(C)n(CC2CN(C(=O)NCCCC(=O)O)CCO2)n1. The number of urea groups is 1. The number of hydrogen-bond acceptors (Lipinski definition) is 4. The van der Waals surface area contributed by atoms with Crippen LogP contribution >= 0.6 is 0 Å². The van der Waals surface area contributed by atoms with Gasteiger partial charge in [-0.25, -0.2) is 4.79 Å². The number of amides is 2. The van der Waals surface area contributed by atoms with Crippen LogP contribution in [0.3, 0.4) is 0 Å². The highest BCUT2D eigenvalue weighted by atomic mass is 16.5. The molecule has 0 radical (unpaired) electrons. The van der Waals surface area contributed by atoms with Gasteiger partial charge in [0.2, 0.25) is 0 Å². The second-order valence-electron chi connectivity index (χ2n) is 5.78. The predicted octanol–water partition coefficient (Wildman–Crippen LogP) is 0.775. The van der Waals surface area contributed by atoms with Gasteiger partial charge in [0.1, 0.15) is 0 Å². The topological polar surface area (TPSA) is 96.7 Å². The van der Waals surface area contributed by atoms with Crippen molar-refractivity contribution in [3.8, 4) is 0 Å². The molecule has 1 aromatic rings. The van der Waals surface area contributed by atoms with Crippen LogP contribution in [0.4, 0.5) is 4.79 Å². The molecule has 23 heavy (non-hydrogen) atoms. The normalized spacial score (nSPS) is 18.0. The van der Waals surface area contributed by atoms with Crippen LogP contribution in [0.5, 0.6) is 0 Å². The molecule has 2 heterocycles. The number of carboxylic acid groups (broad SMARTS) is 1. The number of nitrogens with one attached hydrogen (secondary N) is 1.